The molecule has 0 saturated carbocycles. The summed E-state index contributed by atoms with van der Waals surface area (Å²) in [7, 11) is 1.65. The summed E-state index contributed by atoms with van der Waals surface area (Å²) in [6, 6.07) is 15.2. The molecule has 7 heteroatoms. The largest absolute Gasteiger partial charge is 0.354 e. The first-order valence-electron chi connectivity index (χ1n) is 9.57. The Balaban J connectivity index is 1.72. The second-order valence-electron chi connectivity index (χ2n) is 7.10. The molecule has 0 spiro atoms. The zero-order chi connectivity index (χ0) is 19.9. The fourth-order valence-electron chi connectivity index (χ4n) is 3.67. The van der Waals surface area contributed by atoms with Crippen molar-refractivity contribution in [2.45, 2.75) is 6.04 Å². The van der Waals surface area contributed by atoms with Gasteiger partial charge in [0.2, 0.25) is 0 Å². The number of amides is 2. The van der Waals surface area contributed by atoms with Gasteiger partial charge >= 0.3 is 0 Å². The van der Waals surface area contributed by atoms with Gasteiger partial charge in [-0.25, -0.2) is 4.39 Å². The van der Waals surface area contributed by atoms with Crippen LogP contribution in [0.1, 0.15) is 11.6 Å². The number of nitrogens with one attached hydrogen (secondary N) is 4. The third-order valence-corrected chi connectivity index (χ3v) is 5.20. The van der Waals surface area contributed by atoms with Crippen molar-refractivity contribution in [3.05, 3.63) is 66.0 Å². The highest BCUT2D eigenvalue weighted by molar-refractivity contribution is 5.94. The molecule has 3 rings (SSSR count). The number of anilines is 1. The molecule has 148 valence electrons. The van der Waals surface area contributed by atoms with Crippen molar-refractivity contribution in [2.24, 2.45) is 0 Å². The van der Waals surface area contributed by atoms with Crippen LogP contribution in [0.2, 0.25) is 0 Å². The van der Waals surface area contributed by atoms with Gasteiger partial charge in [0.25, 0.3) is 11.8 Å². The van der Waals surface area contributed by atoms with Gasteiger partial charge in [-0.2, -0.15) is 0 Å². The zero-order valence-corrected chi connectivity index (χ0v) is 16.0. The van der Waals surface area contributed by atoms with Gasteiger partial charge in [0, 0.05) is 18.3 Å². The first kappa shape index (κ1) is 20.0. The Labute approximate surface area is 164 Å². The highest BCUT2D eigenvalue weighted by Gasteiger charge is 2.36. The van der Waals surface area contributed by atoms with Gasteiger partial charge in [0.1, 0.15) is 32.0 Å². The number of hydrogen-bond donors (Lipinski definition) is 4. The van der Waals surface area contributed by atoms with Gasteiger partial charge in [0.05, 0.1) is 0 Å². The van der Waals surface area contributed by atoms with E-state index in [0.29, 0.717) is 12.2 Å². The van der Waals surface area contributed by atoms with Crippen LogP contribution >= 0.6 is 0 Å². The minimum absolute atomic E-state index is 0.0344. The predicted molar refractivity (Wildman–Crippen MR) is 105 cm³/mol. The van der Waals surface area contributed by atoms with Crippen LogP contribution in [0.25, 0.3) is 0 Å². The number of carbonyl (C=O) groups is 2. The van der Waals surface area contributed by atoms with Gasteiger partial charge in [-0.15, -0.1) is 0 Å². The summed E-state index contributed by atoms with van der Waals surface area (Å²) < 4.78 is 13.1. The minimum atomic E-state index is -0.354. The Hall–Kier alpha value is -2.77. The predicted octanol–water partition coefficient (Wildman–Crippen LogP) is -0.965. The standard InChI is InChI=1S/C21H25FN4O2/c1-23-19(27)15-25-11-13-26(14-12-25)20(16-5-3-2-4-6-16)21(28)24-18-9-7-17(22)8-10-18/h2-10,20H,11-15H2,1H3,(H,23,27)(H,24,28)/p+2/t20-/m0/s1. The van der Waals surface area contributed by atoms with E-state index in [1.165, 1.54) is 21.9 Å². The maximum atomic E-state index is 13.1. The van der Waals surface area contributed by atoms with Crippen molar-refractivity contribution in [1.82, 2.24) is 5.32 Å². The molecule has 4 N–H and O–H groups in total. The van der Waals surface area contributed by atoms with Crippen molar-refractivity contribution in [3.8, 4) is 0 Å². The summed E-state index contributed by atoms with van der Waals surface area (Å²) in [5.41, 5.74) is 1.53. The van der Waals surface area contributed by atoms with Crippen LogP contribution in [0.5, 0.6) is 0 Å². The van der Waals surface area contributed by atoms with E-state index in [2.05, 4.69) is 10.6 Å². The van der Waals surface area contributed by atoms with Gasteiger partial charge in [-0.05, 0) is 24.3 Å². The minimum Gasteiger partial charge on any atom is -0.354 e. The lowest BCUT2D eigenvalue weighted by Gasteiger charge is -2.33. The number of likely N-dealkylation sites (N-methyl/N-ethyl adjacent to an activating group) is 1. The number of quaternary nitrogens is 2. The molecular formula is C21H27FN4O2+2. The van der Waals surface area contributed by atoms with Gasteiger partial charge in [-0.3, -0.25) is 9.59 Å². The Kier molecular flexibility index (Phi) is 6.73. The summed E-state index contributed by atoms with van der Waals surface area (Å²) in [5.74, 6) is -0.409. The topological polar surface area (TPSA) is 67.1 Å². The smallest absolute Gasteiger partial charge is 0.287 e. The van der Waals surface area contributed by atoms with Crippen LogP contribution in [0.4, 0.5) is 10.1 Å². The van der Waals surface area contributed by atoms with Crippen molar-refractivity contribution >= 4 is 17.5 Å². The molecule has 0 aromatic heterocycles. The Morgan fingerprint density at radius 3 is 2.25 bits per heavy atom. The van der Waals surface area contributed by atoms with Gasteiger partial charge in [0.15, 0.2) is 12.6 Å². The molecule has 0 unspecified atom stereocenters. The fourth-order valence-corrected chi connectivity index (χ4v) is 3.67. The molecule has 0 radical (unpaired) electrons. The number of piperazine rings is 1. The molecule has 1 aliphatic heterocycles. The summed E-state index contributed by atoms with van der Waals surface area (Å²) in [6.07, 6.45) is 0. The van der Waals surface area contributed by atoms with Crippen molar-refractivity contribution in [2.75, 3.05) is 45.1 Å². The van der Waals surface area contributed by atoms with Crippen molar-refractivity contribution in [1.29, 1.82) is 0 Å². The number of benzene rings is 2. The summed E-state index contributed by atoms with van der Waals surface area (Å²) in [4.78, 5) is 27.1. The molecule has 2 amide bonds. The third-order valence-electron chi connectivity index (χ3n) is 5.20. The lowest BCUT2D eigenvalue weighted by molar-refractivity contribution is -1.02. The monoisotopic (exact) mass is 386 g/mol. The van der Waals surface area contributed by atoms with E-state index in [1.807, 2.05) is 30.3 Å². The van der Waals surface area contributed by atoms with Crippen LogP contribution in [0.15, 0.2) is 54.6 Å². The Bertz CT molecular complexity index is 790. The van der Waals surface area contributed by atoms with Crippen LogP contribution in [-0.2, 0) is 9.59 Å². The van der Waals surface area contributed by atoms with Crippen LogP contribution in [0, 0.1) is 5.82 Å². The maximum absolute atomic E-state index is 13.1. The first-order chi connectivity index (χ1) is 13.6. The number of hydrogen-bond acceptors (Lipinski definition) is 2. The van der Waals surface area contributed by atoms with Gasteiger partial charge < -0.3 is 20.4 Å². The van der Waals surface area contributed by atoms with E-state index < -0.39 is 0 Å². The molecule has 1 fully saturated rings. The zero-order valence-electron chi connectivity index (χ0n) is 16.0. The molecule has 1 saturated heterocycles. The highest BCUT2D eigenvalue weighted by Crippen LogP contribution is 2.14. The second-order valence-corrected chi connectivity index (χ2v) is 7.10. The summed E-state index contributed by atoms with van der Waals surface area (Å²) in [6.45, 7) is 3.71. The Morgan fingerprint density at radius 2 is 1.64 bits per heavy atom. The van der Waals surface area contributed by atoms with Crippen LogP contribution in [-0.4, -0.2) is 51.6 Å². The molecule has 1 heterocycles. The van der Waals surface area contributed by atoms with Crippen LogP contribution in [0.3, 0.4) is 0 Å². The average Bonchev–Trinajstić information content (AvgIpc) is 2.72. The highest BCUT2D eigenvalue weighted by atomic mass is 19.1. The van der Waals surface area contributed by atoms with E-state index in [4.69, 9.17) is 0 Å². The van der Waals surface area contributed by atoms with Crippen molar-refractivity contribution in [3.63, 3.8) is 0 Å². The molecule has 0 bridgehead atoms. The lowest BCUT2D eigenvalue weighted by atomic mass is 10.0. The van der Waals surface area contributed by atoms with Gasteiger partial charge in [-0.1, -0.05) is 30.3 Å². The third kappa shape index (κ3) is 5.15. The Morgan fingerprint density at radius 1 is 1.00 bits per heavy atom. The maximum Gasteiger partial charge on any atom is 0.287 e. The molecule has 2 aromatic carbocycles. The second kappa shape index (κ2) is 9.43. The molecule has 0 aliphatic carbocycles. The first-order valence-corrected chi connectivity index (χ1v) is 9.57. The van der Waals surface area contributed by atoms with Crippen LogP contribution < -0.4 is 20.4 Å². The number of carbonyl (C=O) groups excluding carboxylic acids is 2. The number of rotatable bonds is 6. The molecule has 28 heavy (non-hydrogen) atoms. The summed E-state index contributed by atoms with van der Waals surface area (Å²) >= 11 is 0. The normalized spacial score (nSPS) is 20.2. The molecule has 1 aliphatic rings. The van der Waals surface area contributed by atoms with E-state index in [-0.39, 0.29) is 23.7 Å². The molecule has 6 nitrogen and oxygen atoms in total. The SMILES string of the molecule is CNC(=O)C[NH+]1CC[NH+]([C@H](C(=O)Nc2ccc(F)cc2)c2ccccc2)CC1. The average molecular weight is 386 g/mol. The van der Waals surface area contributed by atoms with E-state index >= 15 is 0 Å². The quantitative estimate of drug-likeness (QED) is 0.517. The van der Waals surface area contributed by atoms with Crippen molar-refractivity contribution < 1.29 is 23.8 Å². The lowest BCUT2D eigenvalue weighted by Crippen LogP contribution is -3.28. The fraction of sp³-hybridized carbons (Fsp3) is 0.333. The number of halogens is 1. The van der Waals surface area contributed by atoms with E-state index in [9.17, 15) is 14.0 Å². The summed E-state index contributed by atoms with van der Waals surface area (Å²) in [5, 5.41) is 5.58. The molecule has 1 atom stereocenters. The molecule has 2 aromatic rings. The van der Waals surface area contributed by atoms with E-state index in [0.717, 1.165) is 31.7 Å². The molecular weight excluding hydrogens is 359 g/mol. The van der Waals surface area contributed by atoms with E-state index in [1.54, 1.807) is 19.2 Å².